The summed E-state index contributed by atoms with van der Waals surface area (Å²) in [7, 11) is 0. The van der Waals surface area contributed by atoms with E-state index in [2.05, 4.69) is 48.5 Å². The summed E-state index contributed by atoms with van der Waals surface area (Å²) in [6, 6.07) is 14.1. The summed E-state index contributed by atoms with van der Waals surface area (Å²) in [5.74, 6) is 7.68. The lowest BCUT2D eigenvalue weighted by molar-refractivity contribution is -0.130. The Labute approximate surface area is 213 Å². The number of nitrogens with two attached hydrogens (primary N) is 1. The fourth-order valence-corrected chi connectivity index (χ4v) is 5.71. The summed E-state index contributed by atoms with van der Waals surface area (Å²) >= 11 is 0. The number of benzene rings is 2. The molecule has 3 aliphatic rings. The highest BCUT2D eigenvalue weighted by Crippen LogP contribution is 2.61. The summed E-state index contributed by atoms with van der Waals surface area (Å²) in [6.07, 6.45) is 4.17. The van der Waals surface area contributed by atoms with Gasteiger partial charge in [-0.05, 0) is 90.9 Å². The van der Waals surface area contributed by atoms with Crippen molar-refractivity contribution in [3.8, 4) is 11.8 Å². The zero-order chi connectivity index (χ0) is 25.7. The van der Waals surface area contributed by atoms with Crippen LogP contribution in [-0.4, -0.2) is 36.2 Å². The van der Waals surface area contributed by atoms with Gasteiger partial charge in [-0.2, -0.15) is 0 Å². The second kappa shape index (κ2) is 11.3. The maximum atomic E-state index is 12.3. The first kappa shape index (κ1) is 25.9. The van der Waals surface area contributed by atoms with Crippen LogP contribution in [0, 0.1) is 35.0 Å². The zero-order valence-electron chi connectivity index (χ0n) is 21.0. The number of nitrogens with one attached hydrogen (secondary N) is 3. The monoisotopic (exact) mass is 488 g/mol. The van der Waals surface area contributed by atoms with Gasteiger partial charge in [0.2, 0.25) is 0 Å². The highest BCUT2D eigenvalue weighted by molar-refractivity contribution is 5.97. The molecule has 2 bridgehead atoms. The molecule has 0 heterocycles. The quantitative estimate of drug-likeness (QED) is 0.223. The van der Waals surface area contributed by atoms with Crippen LogP contribution < -0.4 is 21.8 Å². The second-order valence-electron chi connectivity index (χ2n) is 10.6. The van der Waals surface area contributed by atoms with Crippen LogP contribution in [0.1, 0.15) is 60.2 Å². The Morgan fingerprint density at radius 3 is 2.25 bits per heavy atom. The molecular formula is C29H36N4O3. The second-order valence-corrected chi connectivity index (χ2v) is 10.6. The molecule has 3 aliphatic carbocycles. The van der Waals surface area contributed by atoms with Crippen molar-refractivity contribution in [1.82, 2.24) is 16.1 Å². The van der Waals surface area contributed by atoms with Gasteiger partial charge in [0.1, 0.15) is 6.04 Å². The fourth-order valence-electron chi connectivity index (χ4n) is 5.71. The van der Waals surface area contributed by atoms with Crippen LogP contribution >= 0.6 is 0 Å². The lowest BCUT2D eigenvalue weighted by Gasteiger charge is -2.60. The van der Waals surface area contributed by atoms with E-state index in [1.807, 2.05) is 12.1 Å². The smallest absolute Gasteiger partial charge is 0.267 e. The van der Waals surface area contributed by atoms with Crippen LogP contribution in [0.25, 0.3) is 0 Å². The molecule has 0 aliphatic heterocycles. The zero-order valence-corrected chi connectivity index (χ0v) is 21.0. The minimum atomic E-state index is -1.01. The first-order chi connectivity index (χ1) is 17.3. The molecule has 6 N–H and O–H groups in total. The number of fused-ring (bicyclic) bond motifs is 2. The summed E-state index contributed by atoms with van der Waals surface area (Å²) in [4.78, 5) is 23.8. The van der Waals surface area contributed by atoms with Gasteiger partial charge >= 0.3 is 0 Å². The predicted octanol–water partition coefficient (Wildman–Crippen LogP) is 2.81. The van der Waals surface area contributed by atoms with Gasteiger partial charge < -0.3 is 16.4 Å². The normalized spacial score (nSPS) is 22.4. The van der Waals surface area contributed by atoms with Crippen molar-refractivity contribution in [1.29, 1.82) is 0 Å². The molecule has 2 amide bonds. The number of carbonyl (C=O) groups is 2. The maximum absolute atomic E-state index is 12.3. The van der Waals surface area contributed by atoms with Crippen LogP contribution in [0.4, 0.5) is 0 Å². The van der Waals surface area contributed by atoms with E-state index in [1.54, 1.807) is 24.3 Å². The van der Waals surface area contributed by atoms with Crippen LogP contribution in [0.15, 0.2) is 48.5 Å². The summed E-state index contributed by atoms with van der Waals surface area (Å²) < 4.78 is 0. The highest BCUT2D eigenvalue weighted by atomic mass is 16.5. The molecule has 0 saturated heterocycles. The molecule has 0 spiro atoms. The largest absolute Gasteiger partial charge is 0.339 e. The number of carbonyl (C=O) groups excluding carboxylic acids is 2. The molecule has 7 nitrogen and oxygen atoms in total. The van der Waals surface area contributed by atoms with Crippen molar-refractivity contribution in [2.45, 2.75) is 45.7 Å². The summed E-state index contributed by atoms with van der Waals surface area (Å²) in [5.41, 5.74) is 10.8. The van der Waals surface area contributed by atoms with Crippen LogP contribution in [0.3, 0.4) is 0 Å². The molecule has 3 saturated carbocycles. The van der Waals surface area contributed by atoms with E-state index in [0.29, 0.717) is 11.0 Å². The molecule has 2 aromatic rings. The lowest BCUT2D eigenvalue weighted by Crippen LogP contribution is -2.54. The van der Waals surface area contributed by atoms with Crippen molar-refractivity contribution in [2.24, 2.45) is 28.9 Å². The molecule has 5 rings (SSSR count). The van der Waals surface area contributed by atoms with E-state index < -0.39 is 17.9 Å². The van der Waals surface area contributed by atoms with Gasteiger partial charge in [0.15, 0.2) is 0 Å². The highest BCUT2D eigenvalue weighted by Gasteiger charge is 2.53. The number of amides is 2. The molecule has 2 aromatic carbocycles. The topological polar surface area (TPSA) is 116 Å². The van der Waals surface area contributed by atoms with Gasteiger partial charge in [-0.1, -0.05) is 37.8 Å². The van der Waals surface area contributed by atoms with Crippen molar-refractivity contribution in [3.63, 3.8) is 0 Å². The van der Waals surface area contributed by atoms with Crippen LogP contribution in [0.2, 0.25) is 0 Å². The molecule has 190 valence electrons. The molecule has 36 heavy (non-hydrogen) atoms. The first-order valence-electron chi connectivity index (χ1n) is 12.7. The van der Waals surface area contributed by atoms with Gasteiger partial charge in [0, 0.05) is 29.8 Å². The van der Waals surface area contributed by atoms with Gasteiger partial charge in [0.05, 0.1) is 0 Å². The molecule has 0 aromatic heterocycles. The maximum Gasteiger partial charge on any atom is 0.267 e. The van der Waals surface area contributed by atoms with E-state index in [0.717, 1.165) is 42.0 Å². The fraction of sp³-hybridized carbons (Fsp3) is 0.448. The standard InChI is InChI=1S/C29H36N4O3/c1-29(2)24-14-13-23(25(29)15-24)18-31-17-21-7-5-19(6-8-21)3-4-20-9-11-22(12-10-20)27(34)32-26(16-30)28(35)33-36/h5-12,23-26,31,36H,13-18,30H2,1-2H3,(H,32,34)(H,33,35)/t23-,24-,25?,26-/m0/s1. The van der Waals surface area contributed by atoms with Crippen molar-refractivity contribution < 1.29 is 14.8 Å². The third kappa shape index (κ3) is 5.79. The molecule has 3 fully saturated rings. The Kier molecular flexibility index (Phi) is 8.10. The molecular weight excluding hydrogens is 452 g/mol. The van der Waals surface area contributed by atoms with Gasteiger partial charge in [-0.15, -0.1) is 0 Å². The number of hydroxylamine groups is 1. The SMILES string of the molecule is CC1(C)C2C[C@@H]1CC[C@H]2CNCc1ccc(C#Cc2ccc(C(=O)N[C@@H](CN)C(=O)NO)cc2)cc1. The summed E-state index contributed by atoms with van der Waals surface area (Å²) in [5, 5.41) is 14.9. The predicted molar refractivity (Wildman–Crippen MR) is 139 cm³/mol. The molecule has 7 heteroatoms. The molecule has 0 radical (unpaired) electrons. The third-order valence-electron chi connectivity index (χ3n) is 8.16. The minimum Gasteiger partial charge on any atom is -0.339 e. The molecule has 1 unspecified atom stereocenters. The number of hydrogen-bond acceptors (Lipinski definition) is 5. The van der Waals surface area contributed by atoms with E-state index in [-0.39, 0.29) is 6.54 Å². The third-order valence-corrected chi connectivity index (χ3v) is 8.16. The van der Waals surface area contributed by atoms with Crippen molar-refractivity contribution in [2.75, 3.05) is 13.1 Å². The Morgan fingerprint density at radius 1 is 1.06 bits per heavy atom. The number of rotatable bonds is 8. The first-order valence-corrected chi connectivity index (χ1v) is 12.7. The van der Waals surface area contributed by atoms with Crippen molar-refractivity contribution >= 4 is 11.8 Å². The van der Waals surface area contributed by atoms with E-state index >= 15 is 0 Å². The minimum absolute atomic E-state index is 0.129. The van der Waals surface area contributed by atoms with Gasteiger partial charge in [-0.3, -0.25) is 14.8 Å². The van der Waals surface area contributed by atoms with E-state index in [1.165, 1.54) is 30.3 Å². The summed E-state index contributed by atoms with van der Waals surface area (Å²) in [6.45, 7) is 6.73. The average Bonchev–Trinajstić information content (AvgIpc) is 2.91. The van der Waals surface area contributed by atoms with Gasteiger partial charge in [0.25, 0.3) is 11.8 Å². The van der Waals surface area contributed by atoms with Crippen LogP contribution in [0.5, 0.6) is 0 Å². The molecule has 4 atom stereocenters. The Balaban J connectivity index is 1.26. The van der Waals surface area contributed by atoms with E-state index in [9.17, 15) is 9.59 Å². The van der Waals surface area contributed by atoms with Crippen LogP contribution in [-0.2, 0) is 11.3 Å². The Bertz CT molecular complexity index is 1130. The lowest BCUT2D eigenvalue weighted by atomic mass is 9.45. The Hall–Kier alpha value is -3.18. The average molecular weight is 489 g/mol. The Morgan fingerprint density at radius 2 is 1.69 bits per heavy atom. The van der Waals surface area contributed by atoms with Gasteiger partial charge in [-0.25, -0.2) is 5.48 Å². The van der Waals surface area contributed by atoms with Crippen molar-refractivity contribution in [3.05, 3.63) is 70.8 Å². The number of hydrogen-bond donors (Lipinski definition) is 5. The van der Waals surface area contributed by atoms with E-state index in [4.69, 9.17) is 10.9 Å².